The minimum absolute atomic E-state index is 0.0214. The van der Waals surface area contributed by atoms with Gasteiger partial charge in [-0.3, -0.25) is 0 Å². The Hall–Kier alpha value is -1.70. The Balaban J connectivity index is 1.64. The van der Waals surface area contributed by atoms with Gasteiger partial charge in [0.25, 0.3) is 0 Å². The van der Waals surface area contributed by atoms with Gasteiger partial charge in [-0.05, 0) is 25.3 Å². The number of sulfonamides is 1. The van der Waals surface area contributed by atoms with Gasteiger partial charge in [0.05, 0.1) is 6.04 Å². The molecule has 2 aromatic rings. The first-order valence-electron chi connectivity index (χ1n) is 8.55. The molecule has 4 rings (SSSR count). The van der Waals surface area contributed by atoms with Crippen LogP contribution in [0.1, 0.15) is 35.9 Å². The lowest BCUT2D eigenvalue weighted by Crippen LogP contribution is -2.62. The molecule has 1 aromatic heterocycles. The van der Waals surface area contributed by atoms with Crippen LogP contribution in [0.4, 0.5) is 0 Å². The van der Waals surface area contributed by atoms with Crippen molar-refractivity contribution in [2.45, 2.75) is 31.6 Å². The molecule has 0 N–H and O–H groups in total. The Kier molecular flexibility index (Phi) is 4.17. The number of aromatic nitrogens is 1. The van der Waals surface area contributed by atoms with E-state index in [1.54, 1.807) is 17.3 Å². The number of nitrogens with zero attached hydrogens (tertiary/aromatic N) is 2. The van der Waals surface area contributed by atoms with E-state index in [0.717, 1.165) is 18.4 Å². The van der Waals surface area contributed by atoms with E-state index in [0.29, 0.717) is 31.2 Å². The van der Waals surface area contributed by atoms with Crippen LogP contribution in [-0.4, -0.2) is 37.6 Å². The second-order valence-corrected chi connectivity index (χ2v) is 8.94. The summed E-state index contributed by atoms with van der Waals surface area (Å²) in [5.74, 6) is 0.495. The molecule has 7 heteroatoms. The van der Waals surface area contributed by atoms with Crippen LogP contribution in [0, 0.1) is 12.3 Å². The summed E-state index contributed by atoms with van der Waals surface area (Å²) in [6.45, 7) is 3.70. The average molecular weight is 362 g/mol. The molecule has 25 heavy (non-hydrogen) atoms. The number of hydrogen-bond acceptors (Lipinski definition) is 5. The second kappa shape index (κ2) is 6.23. The van der Waals surface area contributed by atoms with E-state index in [4.69, 9.17) is 9.26 Å². The van der Waals surface area contributed by atoms with Crippen molar-refractivity contribution >= 4 is 10.0 Å². The smallest absolute Gasteiger partial charge is 0.220 e. The zero-order valence-electron chi connectivity index (χ0n) is 14.2. The number of ether oxygens (including phenoxy) is 1. The van der Waals surface area contributed by atoms with Gasteiger partial charge in [-0.1, -0.05) is 35.5 Å². The van der Waals surface area contributed by atoms with Crippen molar-refractivity contribution < 1.29 is 17.7 Å². The van der Waals surface area contributed by atoms with Crippen molar-refractivity contribution in [1.29, 1.82) is 0 Å². The quantitative estimate of drug-likeness (QED) is 0.836. The first-order chi connectivity index (χ1) is 12.0. The monoisotopic (exact) mass is 362 g/mol. The molecule has 3 heterocycles. The standard InChI is InChI=1S/C18H22N2O4S/c1-14-11-16(19-24-14)12-25(21,22)20-13-18(7-9-23-10-8-18)17(20)15-5-3-2-4-6-15/h2-6,11,17H,7-10,12-13H2,1H3. The summed E-state index contributed by atoms with van der Waals surface area (Å²) in [6, 6.07) is 11.5. The Morgan fingerprint density at radius 2 is 1.96 bits per heavy atom. The maximum absolute atomic E-state index is 13.0. The molecule has 0 aliphatic carbocycles. The maximum Gasteiger partial charge on any atom is 0.220 e. The first-order valence-corrected chi connectivity index (χ1v) is 10.2. The Morgan fingerprint density at radius 1 is 1.24 bits per heavy atom. The van der Waals surface area contributed by atoms with Gasteiger partial charge in [-0.2, -0.15) is 4.31 Å². The van der Waals surface area contributed by atoms with Crippen molar-refractivity contribution in [1.82, 2.24) is 9.46 Å². The zero-order valence-corrected chi connectivity index (χ0v) is 15.0. The molecule has 2 fully saturated rings. The van der Waals surface area contributed by atoms with E-state index in [2.05, 4.69) is 5.16 Å². The lowest BCUT2D eigenvalue weighted by Gasteiger charge is -2.58. The number of aryl methyl sites for hydroxylation is 1. The minimum atomic E-state index is -3.47. The van der Waals surface area contributed by atoms with Gasteiger partial charge >= 0.3 is 0 Å². The molecular weight excluding hydrogens is 340 g/mol. The average Bonchev–Trinajstić information content (AvgIpc) is 2.99. The molecule has 134 valence electrons. The minimum Gasteiger partial charge on any atom is -0.381 e. The Morgan fingerprint density at radius 3 is 2.60 bits per heavy atom. The molecule has 0 radical (unpaired) electrons. The summed E-state index contributed by atoms with van der Waals surface area (Å²) >= 11 is 0. The van der Waals surface area contributed by atoms with Crippen LogP contribution in [0.5, 0.6) is 0 Å². The van der Waals surface area contributed by atoms with Gasteiger partial charge in [-0.25, -0.2) is 8.42 Å². The van der Waals surface area contributed by atoms with Crippen LogP contribution in [0.3, 0.4) is 0 Å². The highest BCUT2D eigenvalue weighted by Gasteiger charge is 2.57. The van der Waals surface area contributed by atoms with Crippen molar-refractivity contribution in [3.63, 3.8) is 0 Å². The molecule has 2 aliphatic rings. The summed E-state index contributed by atoms with van der Waals surface area (Å²) in [5, 5.41) is 3.84. The second-order valence-electron chi connectivity index (χ2n) is 7.02. The molecule has 0 bridgehead atoms. The van der Waals surface area contributed by atoms with E-state index in [-0.39, 0.29) is 17.2 Å². The topological polar surface area (TPSA) is 72.6 Å². The zero-order chi connectivity index (χ0) is 17.5. The van der Waals surface area contributed by atoms with Gasteiger partial charge in [0.2, 0.25) is 10.0 Å². The lowest BCUT2D eigenvalue weighted by atomic mass is 9.65. The summed E-state index contributed by atoms with van der Waals surface area (Å²) in [4.78, 5) is 0. The SMILES string of the molecule is Cc1cc(CS(=O)(=O)N2CC3(CCOCC3)C2c2ccccc2)no1. The third-order valence-corrected chi connectivity index (χ3v) is 7.02. The number of rotatable bonds is 4. The van der Waals surface area contributed by atoms with Crippen LogP contribution in [0.25, 0.3) is 0 Å². The first kappa shape index (κ1) is 16.8. The molecule has 1 aromatic carbocycles. The molecule has 2 aliphatic heterocycles. The molecule has 6 nitrogen and oxygen atoms in total. The predicted molar refractivity (Wildman–Crippen MR) is 92.2 cm³/mol. The fraction of sp³-hybridized carbons (Fsp3) is 0.500. The van der Waals surface area contributed by atoms with Crippen molar-refractivity contribution in [2.24, 2.45) is 5.41 Å². The lowest BCUT2D eigenvalue weighted by molar-refractivity contribution is -0.0953. The van der Waals surface area contributed by atoms with Crippen molar-refractivity contribution in [2.75, 3.05) is 19.8 Å². The highest BCUT2D eigenvalue weighted by molar-refractivity contribution is 7.88. The van der Waals surface area contributed by atoms with Gasteiger partial charge in [0.1, 0.15) is 17.2 Å². The molecular formula is C18H22N2O4S. The van der Waals surface area contributed by atoms with Crippen LogP contribution >= 0.6 is 0 Å². The normalized spacial score (nSPS) is 23.5. The summed E-state index contributed by atoms with van der Waals surface area (Å²) < 4.78 is 38.2. The van der Waals surface area contributed by atoms with E-state index in [9.17, 15) is 8.42 Å². The van der Waals surface area contributed by atoms with Crippen molar-refractivity contribution in [3.8, 4) is 0 Å². The van der Waals surface area contributed by atoms with Crippen LogP contribution < -0.4 is 0 Å². The summed E-state index contributed by atoms with van der Waals surface area (Å²) in [7, 11) is -3.47. The maximum atomic E-state index is 13.0. The fourth-order valence-electron chi connectivity index (χ4n) is 4.06. The van der Waals surface area contributed by atoms with E-state index >= 15 is 0 Å². The van der Waals surface area contributed by atoms with E-state index < -0.39 is 10.0 Å². The van der Waals surface area contributed by atoms with Crippen LogP contribution in [0.15, 0.2) is 40.9 Å². The van der Waals surface area contributed by atoms with E-state index in [1.165, 1.54) is 0 Å². The predicted octanol–water partition coefficient (Wildman–Crippen LogP) is 2.67. The third kappa shape index (κ3) is 3.01. The number of benzene rings is 1. The van der Waals surface area contributed by atoms with E-state index in [1.807, 2.05) is 30.3 Å². The third-order valence-electron chi connectivity index (χ3n) is 5.31. The van der Waals surface area contributed by atoms with Crippen LogP contribution in [0.2, 0.25) is 0 Å². The molecule has 0 saturated carbocycles. The highest BCUT2D eigenvalue weighted by Crippen LogP contribution is 2.56. The van der Waals surface area contributed by atoms with Gasteiger partial charge in [-0.15, -0.1) is 0 Å². The van der Waals surface area contributed by atoms with Gasteiger partial charge < -0.3 is 9.26 Å². The molecule has 0 amide bonds. The molecule has 1 spiro atoms. The molecule has 1 atom stereocenters. The summed E-state index contributed by atoms with van der Waals surface area (Å²) in [5.41, 5.74) is 1.49. The fourth-order valence-corrected chi connectivity index (χ4v) is 5.86. The van der Waals surface area contributed by atoms with Gasteiger partial charge in [0.15, 0.2) is 0 Å². The molecule has 2 saturated heterocycles. The van der Waals surface area contributed by atoms with Crippen molar-refractivity contribution in [3.05, 3.63) is 53.4 Å². The Bertz CT molecular complexity index is 841. The largest absolute Gasteiger partial charge is 0.381 e. The van der Waals surface area contributed by atoms with Gasteiger partial charge in [0, 0.05) is 31.2 Å². The Labute approximate surface area is 147 Å². The molecule has 1 unspecified atom stereocenters. The summed E-state index contributed by atoms with van der Waals surface area (Å²) in [6.07, 6.45) is 1.78. The number of hydrogen-bond donors (Lipinski definition) is 0. The highest BCUT2D eigenvalue weighted by atomic mass is 32.2. The van der Waals surface area contributed by atoms with Crippen LogP contribution in [-0.2, 0) is 20.5 Å².